The summed E-state index contributed by atoms with van der Waals surface area (Å²) in [5, 5.41) is 3.33. The highest BCUT2D eigenvalue weighted by Gasteiger charge is 2.25. The molecule has 2 fully saturated rings. The number of hydrogen-bond donors (Lipinski definition) is 1. The van der Waals surface area contributed by atoms with Crippen molar-refractivity contribution in [1.29, 1.82) is 0 Å². The molecule has 0 radical (unpaired) electrons. The van der Waals surface area contributed by atoms with E-state index in [-0.39, 0.29) is 0 Å². The van der Waals surface area contributed by atoms with Gasteiger partial charge in [-0.25, -0.2) is 12.7 Å². The van der Waals surface area contributed by atoms with Gasteiger partial charge >= 0.3 is 0 Å². The molecule has 0 aliphatic carbocycles. The van der Waals surface area contributed by atoms with E-state index in [0.717, 1.165) is 58.3 Å². The summed E-state index contributed by atoms with van der Waals surface area (Å²) >= 11 is 0. The van der Waals surface area contributed by atoms with E-state index < -0.39 is 10.0 Å². The summed E-state index contributed by atoms with van der Waals surface area (Å²) in [7, 11) is 0.821. The molecular weight excluding hydrogens is 286 g/mol. The highest BCUT2D eigenvalue weighted by atomic mass is 32.2. The van der Waals surface area contributed by atoms with Gasteiger partial charge < -0.3 is 10.2 Å². The van der Waals surface area contributed by atoms with Crippen molar-refractivity contribution in [1.82, 2.24) is 14.5 Å². The minimum Gasteiger partial charge on any atom is -0.317 e. The zero-order valence-electron chi connectivity index (χ0n) is 13.6. The summed E-state index contributed by atoms with van der Waals surface area (Å²) in [6.07, 6.45) is 5.29. The van der Waals surface area contributed by atoms with Crippen molar-refractivity contribution in [2.45, 2.75) is 32.1 Å². The van der Waals surface area contributed by atoms with Crippen LogP contribution in [0.1, 0.15) is 32.1 Å². The van der Waals surface area contributed by atoms with Gasteiger partial charge in [-0.05, 0) is 77.2 Å². The summed E-state index contributed by atoms with van der Waals surface area (Å²) in [5.74, 6) is 1.43. The van der Waals surface area contributed by atoms with Gasteiger partial charge in [0.2, 0.25) is 10.0 Å². The molecule has 0 aromatic rings. The topological polar surface area (TPSA) is 52.7 Å². The lowest BCUT2D eigenvalue weighted by Crippen LogP contribution is -2.39. The van der Waals surface area contributed by atoms with E-state index in [9.17, 15) is 8.42 Å². The Kier molecular flexibility index (Phi) is 6.47. The molecule has 0 aromatic carbocycles. The van der Waals surface area contributed by atoms with Gasteiger partial charge in [0, 0.05) is 13.6 Å². The molecule has 2 saturated heterocycles. The van der Waals surface area contributed by atoms with Gasteiger partial charge in [0.1, 0.15) is 0 Å². The summed E-state index contributed by atoms with van der Waals surface area (Å²) in [6.45, 7) is 4.95. The fraction of sp³-hybridized carbons (Fsp3) is 1.00. The van der Waals surface area contributed by atoms with Crippen molar-refractivity contribution >= 4 is 10.0 Å². The van der Waals surface area contributed by atoms with Crippen LogP contribution in [-0.2, 0) is 10.0 Å². The van der Waals surface area contributed by atoms with Crippen molar-refractivity contribution in [2.24, 2.45) is 11.8 Å². The van der Waals surface area contributed by atoms with E-state index in [1.807, 2.05) is 0 Å². The molecule has 2 aliphatic rings. The minimum absolute atomic E-state index is 0.320. The monoisotopic (exact) mass is 317 g/mol. The van der Waals surface area contributed by atoms with Crippen LogP contribution in [-0.4, -0.2) is 70.2 Å². The second kappa shape index (κ2) is 7.90. The molecule has 0 bridgehead atoms. The van der Waals surface area contributed by atoms with Crippen molar-refractivity contribution in [3.05, 3.63) is 0 Å². The molecule has 0 amide bonds. The molecular formula is C15H31N3O2S. The van der Waals surface area contributed by atoms with E-state index in [4.69, 9.17) is 0 Å². The van der Waals surface area contributed by atoms with Crippen LogP contribution in [0.5, 0.6) is 0 Å². The van der Waals surface area contributed by atoms with E-state index in [1.165, 1.54) is 0 Å². The zero-order chi connectivity index (χ0) is 15.3. The summed E-state index contributed by atoms with van der Waals surface area (Å²) in [4.78, 5) is 2.32. The SMILES string of the molecule is CN1CCC(CN(C)S(=O)(=O)CCC2CCNCC2)CC1. The van der Waals surface area contributed by atoms with Crippen molar-refractivity contribution in [3.63, 3.8) is 0 Å². The lowest BCUT2D eigenvalue weighted by molar-refractivity contribution is 0.202. The third-order valence-corrected chi connectivity index (χ3v) is 6.92. The molecule has 124 valence electrons. The molecule has 6 heteroatoms. The first-order chi connectivity index (χ1) is 9.97. The van der Waals surface area contributed by atoms with Crippen molar-refractivity contribution in [2.75, 3.05) is 52.6 Å². The standard InChI is InChI=1S/C15H31N3O2S/c1-17-10-5-15(6-11-17)13-18(2)21(19,20)12-7-14-3-8-16-9-4-14/h14-16H,3-13H2,1-2H3. The number of rotatable bonds is 6. The second-order valence-corrected chi connectivity index (χ2v) is 9.02. The van der Waals surface area contributed by atoms with Crippen LogP contribution in [0.4, 0.5) is 0 Å². The third-order valence-electron chi connectivity index (χ3n) is 5.07. The minimum atomic E-state index is -3.07. The van der Waals surface area contributed by atoms with Gasteiger partial charge in [0.15, 0.2) is 0 Å². The lowest BCUT2D eigenvalue weighted by atomic mass is 9.96. The predicted octanol–water partition coefficient (Wildman–Crippen LogP) is 0.980. The van der Waals surface area contributed by atoms with Crippen LogP contribution in [0.3, 0.4) is 0 Å². The fourth-order valence-electron chi connectivity index (χ4n) is 3.36. The summed E-state index contributed by atoms with van der Waals surface area (Å²) in [6, 6.07) is 0. The second-order valence-electron chi connectivity index (χ2n) is 6.83. The van der Waals surface area contributed by atoms with Crippen molar-refractivity contribution < 1.29 is 8.42 Å². The Hall–Kier alpha value is -0.170. The predicted molar refractivity (Wildman–Crippen MR) is 86.8 cm³/mol. The maximum atomic E-state index is 12.4. The highest BCUT2D eigenvalue weighted by molar-refractivity contribution is 7.89. The van der Waals surface area contributed by atoms with Crippen LogP contribution < -0.4 is 5.32 Å². The maximum Gasteiger partial charge on any atom is 0.213 e. The van der Waals surface area contributed by atoms with Gasteiger partial charge in [-0.2, -0.15) is 0 Å². The summed E-state index contributed by atoms with van der Waals surface area (Å²) in [5.41, 5.74) is 0. The Balaban J connectivity index is 1.75. The first-order valence-corrected chi connectivity index (χ1v) is 9.91. The number of likely N-dealkylation sites (tertiary alicyclic amines) is 1. The Morgan fingerprint density at radius 2 is 1.71 bits per heavy atom. The summed E-state index contributed by atoms with van der Waals surface area (Å²) < 4.78 is 26.4. The van der Waals surface area contributed by atoms with Gasteiger partial charge in [0.25, 0.3) is 0 Å². The van der Waals surface area contributed by atoms with E-state index >= 15 is 0 Å². The number of piperidine rings is 2. The number of nitrogens with one attached hydrogen (secondary N) is 1. The van der Waals surface area contributed by atoms with Crippen LogP contribution in [0.25, 0.3) is 0 Å². The number of sulfonamides is 1. The largest absolute Gasteiger partial charge is 0.317 e. The van der Waals surface area contributed by atoms with Gasteiger partial charge in [-0.1, -0.05) is 0 Å². The van der Waals surface area contributed by atoms with E-state index in [1.54, 1.807) is 11.4 Å². The molecule has 0 saturated carbocycles. The molecule has 2 heterocycles. The molecule has 2 aliphatic heterocycles. The molecule has 0 unspecified atom stereocenters. The quantitative estimate of drug-likeness (QED) is 0.793. The molecule has 1 N–H and O–H groups in total. The number of nitrogens with zero attached hydrogens (tertiary/aromatic N) is 2. The molecule has 21 heavy (non-hydrogen) atoms. The Bertz CT molecular complexity index is 399. The first kappa shape index (κ1) is 17.2. The first-order valence-electron chi connectivity index (χ1n) is 8.30. The van der Waals surface area contributed by atoms with E-state index in [2.05, 4.69) is 17.3 Å². The molecule has 0 atom stereocenters. The smallest absolute Gasteiger partial charge is 0.213 e. The Labute approximate surface area is 130 Å². The van der Waals surface area contributed by atoms with Gasteiger partial charge in [-0.15, -0.1) is 0 Å². The molecule has 5 nitrogen and oxygen atoms in total. The zero-order valence-corrected chi connectivity index (χ0v) is 14.4. The molecule has 2 rings (SSSR count). The normalized spacial score (nSPS) is 23.8. The number of hydrogen-bond acceptors (Lipinski definition) is 4. The van der Waals surface area contributed by atoms with Crippen molar-refractivity contribution in [3.8, 4) is 0 Å². The fourth-order valence-corrected chi connectivity index (χ4v) is 4.74. The lowest BCUT2D eigenvalue weighted by Gasteiger charge is -2.31. The van der Waals surface area contributed by atoms with Crippen LogP contribution >= 0.6 is 0 Å². The van der Waals surface area contributed by atoms with E-state index in [0.29, 0.717) is 24.1 Å². The highest BCUT2D eigenvalue weighted by Crippen LogP contribution is 2.20. The average molecular weight is 317 g/mol. The molecule has 0 spiro atoms. The average Bonchev–Trinajstić information content (AvgIpc) is 2.48. The third kappa shape index (κ3) is 5.51. The van der Waals surface area contributed by atoms with Crippen LogP contribution in [0.2, 0.25) is 0 Å². The van der Waals surface area contributed by atoms with Crippen LogP contribution in [0.15, 0.2) is 0 Å². The molecule has 0 aromatic heterocycles. The van der Waals surface area contributed by atoms with Gasteiger partial charge in [-0.3, -0.25) is 0 Å². The van der Waals surface area contributed by atoms with Gasteiger partial charge in [0.05, 0.1) is 5.75 Å². The Morgan fingerprint density at radius 3 is 2.33 bits per heavy atom. The maximum absolute atomic E-state index is 12.4. The Morgan fingerprint density at radius 1 is 1.10 bits per heavy atom. The van der Waals surface area contributed by atoms with Crippen LogP contribution in [0, 0.1) is 11.8 Å².